The first kappa shape index (κ1) is 18.0. The molecule has 10 heteroatoms. The second-order valence-corrected chi connectivity index (χ2v) is 6.04. The molecule has 0 saturated carbocycles. The molecule has 1 atom stereocenters. The first-order valence-electron chi connectivity index (χ1n) is 8.12. The number of halogens is 3. The highest BCUT2D eigenvalue weighted by atomic mass is 19.4. The summed E-state index contributed by atoms with van der Waals surface area (Å²) >= 11 is 0. The Labute approximate surface area is 145 Å². The number of likely N-dealkylation sites (tertiary alicyclic amines) is 1. The van der Waals surface area contributed by atoms with E-state index in [1.165, 1.54) is 4.57 Å². The summed E-state index contributed by atoms with van der Waals surface area (Å²) in [5.41, 5.74) is 0.984. The summed E-state index contributed by atoms with van der Waals surface area (Å²) in [6.45, 7) is 0.123. The van der Waals surface area contributed by atoms with Crippen LogP contribution in [-0.2, 0) is 16.1 Å². The Morgan fingerprint density at radius 2 is 2.00 bits per heavy atom. The van der Waals surface area contributed by atoms with Gasteiger partial charge in [-0.1, -0.05) is 12.1 Å². The average Bonchev–Trinajstić information content (AvgIpc) is 3.18. The van der Waals surface area contributed by atoms with Gasteiger partial charge in [-0.3, -0.25) is 14.2 Å². The normalized spacial score (nSPS) is 17.7. The van der Waals surface area contributed by atoms with Crippen LogP contribution in [0.4, 0.5) is 13.2 Å². The van der Waals surface area contributed by atoms with Gasteiger partial charge in [-0.15, -0.1) is 0 Å². The minimum absolute atomic E-state index is 0.0607. The lowest BCUT2D eigenvalue weighted by atomic mass is 10.2. The van der Waals surface area contributed by atoms with Crippen molar-refractivity contribution in [1.29, 1.82) is 0 Å². The van der Waals surface area contributed by atoms with Gasteiger partial charge in [0, 0.05) is 19.6 Å². The summed E-state index contributed by atoms with van der Waals surface area (Å²) in [5, 5.41) is 2.52. The third kappa shape index (κ3) is 3.44. The second-order valence-electron chi connectivity index (χ2n) is 6.04. The van der Waals surface area contributed by atoms with Gasteiger partial charge in [0.05, 0.1) is 11.0 Å². The third-order valence-electron chi connectivity index (χ3n) is 4.38. The van der Waals surface area contributed by atoms with E-state index < -0.39 is 24.0 Å². The molecule has 2 amide bonds. The summed E-state index contributed by atoms with van der Waals surface area (Å²) in [6, 6.07) is 5.89. The van der Waals surface area contributed by atoms with Gasteiger partial charge < -0.3 is 15.2 Å². The van der Waals surface area contributed by atoms with Crippen LogP contribution in [0.3, 0.4) is 0 Å². The molecule has 0 spiro atoms. The molecule has 0 bridgehead atoms. The monoisotopic (exact) mass is 370 g/mol. The molecule has 2 heterocycles. The fourth-order valence-corrected chi connectivity index (χ4v) is 3.18. The van der Waals surface area contributed by atoms with E-state index in [0.717, 1.165) is 0 Å². The summed E-state index contributed by atoms with van der Waals surface area (Å²) in [5.74, 6) is -2.64. The van der Waals surface area contributed by atoms with Crippen LogP contribution in [0, 0.1) is 0 Å². The van der Waals surface area contributed by atoms with Crippen LogP contribution in [0.15, 0.2) is 29.1 Å². The highest BCUT2D eigenvalue weighted by molar-refractivity contribution is 5.90. The van der Waals surface area contributed by atoms with E-state index in [2.05, 4.69) is 10.3 Å². The number of hydrogen-bond acceptors (Lipinski definition) is 3. The van der Waals surface area contributed by atoms with Crippen LogP contribution in [-0.4, -0.2) is 51.6 Å². The Kier molecular flexibility index (Phi) is 4.75. The van der Waals surface area contributed by atoms with Crippen molar-refractivity contribution in [2.45, 2.75) is 31.6 Å². The summed E-state index contributed by atoms with van der Waals surface area (Å²) in [7, 11) is 0. The van der Waals surface area contributed by atoms with Crippen molar-refractivity contribution in [1.82, 2.24) is 19.8 Å². The van der Waals surface area contributed by atoms with Crippen molar-refractivity contribution in [2.75, 3.05) is 13.1 Å². The standard InChI is InChI=1S/C16H17F3N4O3/c17-16(18,19)14(25)22-8-3-6-12(22)13(24)20-7-9-23-11-5-2-1-4-10(11)21-15(23)26/h1-2,4-5,12H,3,6-9H2,(H,20,24)(H,21,26). The maximum atomic E-state index is 12.6. The minimum atomic E-state index is -5.00. The van der Waals surface area contributed by atoms with E-state index >= 15 is 0 Å². The Morgan fingerprint density at radius 3 is 2.73 bits per heavy atom. The van der Waals surface area contributed by atoms with Crippen LogP contribution < -0.4 is 11.0 Å². The van der Waals surface area contributed by atoms with E-state index in [1.54, 1.807) is 24.3 Å². The van der Waals surface area contributed by atoms with Crippen LogP contribution in [0.5, 0.6) is 0 Å². The zero-order valence-electron chi connectivity index (χ0n) is 13.7. The summed E-state index contributed by atoms with van der Waals surface area (Å²) in [6.07, 6.45) is -4.48. The van der Waals surface area contributed by atoms with E-state index in [0.29, 0.717) is 22.4 Å². The molecule has 26 heavy (non-hydrogen) atoms. The van der Waals surface area contributed by atoms with Crippen molar-refractivity contribution in [2.24, 2.45) is 0 Å². The number of carbonyl (C=O) groups excluding carboxylic acids is 2. The number of fused-ring (bicyclic) bond motifs is 1. The number of benzene rings is 1. The number of hydrogen-bond donors (Lipinski definition) is 2. The van der Waals surface area contributed by atoms with Crippen molar-refractivity contribution in [3.63, 3.8) is 0 Å². The van der Waals surface area contributed by atoms with Crippen molar-refractivity contribution < 1.29 is 22.8 Å². The Balaban J connectivity index is 1.63. The largest absolute Gasteiger partial charge is 0.471 e. The van der Waals surface area contributed by atoms with E-state index in [4.69, 9.17) is 0 Å². The predicted molar refractivity (Wildman–Crippen MR) is 86.4 cm³/mol. The van der Waals surface area contributed by atoms with Gasteiger partial charge in [-0.25, -0.2) is 4.79 Å². The van der Waals surface area contributed by atoms with E-state index in [1.807, 2.05) is 0 Å². The SMILES string of the molecule is O=C(NCCn1c(=O)[nH]c2ccccc21)C1CCCN1C(=O)C(F)(F)F. The molecule has 1 aliphatic rings. The lowest BCUT2D eigenvalue weighted by molar-refractivity contribution is -0.186. The highest BCUT2D eigenvalue weighted by Crippen LogP contribution is 2.25. The number of imidazole rings is 1. The molecule has 1 saturated heterocycles. The molecular formula is C16H17F3N4O3. The van der Waals surface area contributed by atoms with Crippen molar-refractivity contribution in [3.8, 4) is 0 Å². The highest BCUT2D eigenvalue weighted by Gasteiger charge is 2.47. The van der Waals surface area contributed by atoms with Crippen molar-refractivity contribution in [3.05, 3.63) is 34.7 Å². The van der Waals surface area contributed by atoms with Crippen molar-refractivity contribution >= 4 is 22.8 Å². The maximum Gasteiger partial charge on any atom is 0.471 e. The number of carbonyl (C=O) groups is 2. The molecule has 1 aromatic heterocycles. The molecule has 0 radical (unpaired) electrons. The number of aromatic nitrogens is 2. The number of para-hydroxylation sites is 2. The van der Waals surface area contributed by atoms with Gasteiger partial charge in [0.15, 0.2) is 0 Å². The number of nitrogens with one attached hydrogen (secondary N) is 2. The molecule has 0 aliphatic carbocycles. The van der Waals surface area contributed by atoms with E-state index in [-0.39, 0.29) is 31.7 Å². The fraction of sp³-hybridized carbons (Fsp3) is 0.438. The molecule has 2 N–H and O–H groups in total. The second kappa shape index (κ2) is 6.85. The lowest BCUT2D eigenvalue weighted by Crippen LogP contribution is -2.50. The molecule has 2 aromatic rings. The lowest BCUT2D eigenvalue weighted by Gasteiger charge is -2.24. The van der Waals surface area contributed by atoms with Gasteiger partial charge in [0.2, 0.25) is 5.91 Å². The van der Waals surface area contributed by atoms with Gasteiger partial charge in [-0.2, -0.15) is 13.2 Å². The van der Waals surface area contributed by atoms with Gasteiger partial charge >= 0.3 is 17.8 Å². The Morgan fingerprint density at radius 1 is 1.27 bits per heavy atom. The number of rotatable bonds is 4. The Hall–Kier alpha value is -2.78. The summed E-state index contributed by atoms with van der Waals surface area (Å²) < 4.78 is 39.2. The maximum absolute atomic E-state index is 12.6. The number of alkyl halides is 3. The molecule has 7 nitrogen and oxygen atoms in total. The average molecular weight is 370 g/mol. The van der Waals surface area contributed by atoms with Gasteiger partial charge in [0.1, 0.15) is 6.04 Å². The zero-order chi connectivity index (χ0) is 18.9. The number of amides is 2. The molecule has 140 valence electrons. The fourth-order valence-electron chi connectivity index (χ4n) is 3.18. The molecular weight excluding hydrogens is 353 g/mol. The van der Waals surface area contributed by atoms with Gasteiger partial charge in [0.25, 0.3) is 0 Å². The molecule has 1 aliphatic heterocycles. The zero-order valence-corrected chi connectivity index (χ0v) is 13.7. The first-order chi connectivity index (χ1) is 12.3. The van der Waals surface area contributed by atoms with Crippen LogP contribution >= 0.6 is 0 Å². The number of aromatic amines is 1. The first-order valence-corrected chi connectivity index (χ1v) is 8.12. The van der Waals surface area contributed by atoms with Crippen LogP contribution in [0.2, 0.25) is 0 Å². The quantitative estimate of drug-likeness (QED) is 0.842. The van der Waals surface area contributed by atoms with Gasteiger partial charge in [-0.05, 0) is 25.0 Å². The minimum Gasteiger partial charge on any atom is -0.353 e. The number of nitrogens with zero attached hydrogens (tertiary/aromatic N) is 2. The molecule has 1 unspecified atom stereocenters. The third-order valence-corrected chi connectivity index (χ3v) is 4.38. The molecule has 1 aromatic carbocycles. The van der Waals surface area contributed by atoms with Crippen LogP contribution in [0.1, 0.15) is 12.8 Å². The molecule has 3 rings (SSSR count). The smallest absolute Gasteiger partial charge is 0.353 e. The summed E-state index contributed by atoms with van der Waals surface area (Å²) in [4.78, 5) is 38.8. The predicted octanol–water partition coefficient (Wildman–Crippen LogP) is 0.999. The Bertz CT molecular complexity index is 887. The molecule has 1 fully saturated rings. The van der Waals surface area contributed by atoms with E-state index in [9.17, 15) is 27.6 Å². The van der Waals surface area contributed by atoms with Crippen LogP contribution in [0.25, 0.3) is 11.0 Å². The number of H-pyrrole nitrogens is 1. The topological polar surface area (TPSA) is 87.2 Å².